The van der Waals surface area contributed by atoms with Crippen molar-refractivity contribution in [2.24, 2.45) is 11.3 Å². The van der Waals surface area contributed by atoms with Crippen molar-refractivity contribution in [3.63, 3.8) is 0 Å². The van der Waals surface area contributed by atoms with Crippen LogP contribution in [0.1, 0.15) is 103 Å². The molecule has 5 aliphatic rings. The summed E-state index contributed by atoms with van der Waals surface area (Å²) in [4.78, 5) is 81.5. The van der Waals surface area contributed by atoms with Crippen LogP contribution in [0.25, 0.3) is 16.6 Å². The van der Waals surface area contributed by atoms with Crippen molar-refractivity contribution < 1.29 is 42.0 Å². The Morgan fingerprint density at radius 1 is 0.898 bits per heavy atom. The molecule has 3 fully saturated rings. The van der Waals surface area contributed by atoms with Crippen molar-refractivity contribution in [3.8, 4) is 17.2 Å². The van der Waals surface area contributed by atoms with Gasteiger partial charge in [-0.1, -0.05) is 49.2 Å². The number of benzene rings is 4. The molecular formula is C65H76ClN11O10S. The van der Waals surface area contributed by atoms with Crippen molar-refractivity contribution >= 4 is 78.9 Å². The van der Waals surface area contributed by atoms with Crippen LogP contribution >= 0.6 is 11.6 Å². The number of halogens is 1. The number of nitrogens with zero attached hydrogens (tertiary/aromatic N) is 7. The van der Waals surface area contributed by atoms with Gasteiger partial charge in [0.25, 0.3) is 27.5 Å². The average molecular weight is 1240 g/mol. The number of rotatable bonds is 23. The van der Waals surface area contributed by atoms with E-state index in [0.29, 0.717) is 55.4 Å². The van der Waals surface area contributed by atoms with Crippen LogP contribution in [0.3, 0.4) is 0 Å². The number of allylic oxidation sites excluding steroid dienone is 1. The molecule has 21 nitrogen and oxygen atoms in total. The Bertz CT molecular complexity index is 3750. The molecule has 0 bridgehead atoms. The molecule has 1 atom stereocenters. The van der Waals surface area contributed by atoms with Gasteiger partial charge in [-0.2, -0.15) is 0 Å². The topological polar surface area (TPSA) is 245 Å². The van der Waals surface area contributed by atoms with E-state index in [1.165, 1.54) is 39.9 Å². The molecule has 1 aliphatic carbocycles. The van der Waals surface area contributed by atoms with Crippen LogP contribution in [0.4, 0.5) is 17.1 Å². The first kappa shape index (κ1) is 61.7. The number of hydrogen-bond donors (Lipinski definition) is 4. The number of amides is 4. The Labute approximate surface area is 517 Å². The third-order valence-electron chi connectivity index (χ3n) is 17.8. The quantitative estimate of drug-likeness (QED) is 0.0202. The monoisotopic (exact) mass is 1240 g/mol. The smallest absolute Gasteiger partial charge is 0.293 e. The van der Waals surface area contributed by atoms with Crippen LogP contribution in [0, 0.1) is 21.4 Å². The summed E-state index contributed by atoms with van der Waals surface area (Å²) in [6, 6.07) is 25.2. The van der Waals surface area contributed by atoms with Gasteiger partial charge in [-0.25, -0.2) is 18.1 Å². The molecule has 2 aromatic heterocycles. The zero-order valence-electron chi connectivity index (χ0n) is 50.0. The number of piperazine rings is 1. The number of nitro benzene ring substituents is 1. The molecule has 23 heteroatoms. The van der Waals surface area contributed by atoms with Crippen molar-refractivity contribution in [2.75, 3.05) is 95.9 Å². The lowest BCUT2D eigenvalue weighted by atomic mass is 9.72. The van der Waals surface area contributed by atoms with E-state index in [0.717, 1.165) is 125 Å². The van der Waals surface area contributed by atoms with Gasteiger partial charge in [-0.15, -0.1) is 0 Å². The minimum absolute atomic E-state index is 0.0519. The van der Waals surface area contributed by atoms with Crippen LogP contribution < -0.4 is 29.7 Å². The second-order valence-electron chi connectivity index (χ2n) is 24.6. The largest absolute Gasteiger partial charge is 0.493 e. The number of ether oxygens (including phenoxy) is 2. The first-order valence-corrected chi connectivity index (χ1v) is 32.3. The Morgan fingerprint density at radius 3 is 2.45 bits per heavy atom. The predicted octanol–water partition coefficient (Wildman–Crippen LogP) is 9.50. The minimum Gasteiger partial charge on any atom is -0.493 e. The Hall–Kier alpha value is -7.89. The summed E-state index contributed by atoms with van der Waals surface area (Å²) in [5.41, 5.74) is 6.72. The zero-order valence-corrected chi connectivity index (χ0v) is 51.6. The number of aromatic nitrogens is 2. The van der Waals surface area contributed by atoms with Gasteiger partial charge < -0.3 is 39.4 Å². The van der Waals surface area contributed by atoms with Crippen molar-refractivity contribution in [2.45, 2.75) is 89.1 Å². The lowest BCUT2D eigenvalue weighted by molar-refractivity contribution is -0.384. The van der Waals surface area contributed by atoms with Gasteiger partial charge in [-0.05, 0) is 168 Å². The summed E-state index contributed by atoms with van der Waals surface area (Å²) < 4.78 is 42.7. The average Bonchev–Trinajstić information content (AvgIpc) is 4.21. The zero-order chi connectivity index (χ0) is 61.7. The lowest BCUT2D eigenvalue weighted by Crippen LogP contribution is -2.52. The van der Waals surface area contributed by atoms with Gasteiger partial charge in [0.15, 0.2) is 0 Å². The van der Waals surface area contributed by atoms with E-state index in [2.05, 4.69) is 78.0 Å². The fourth-order valence-electron chi connectivity index (χ4n) is 12.7. The molecule has 0 spiro atoms. The van der Waals surface area contributed by atoms with Crippen molar-refractivity contribution in [1.29, 1.82) is 0 Å². The first-order valence-electron chi connectivity index (χ1n) is 30.4. The number of pyridine rings is 1. The summed E-state index contributed by atoms with van der Waals surface area (Å²) in [6.45, 7) is 14.1. The third-order valence-corrected chi connectivity index (χ3v) is 19.4. The first-order chi connectivity index (χ1) is 42.3. The predicted molar refractivity (Wildman–Crippen MR) is 337 cm³/mol. The number of aromatic amines is 1. The summed E-state index contributed by atoms with van der Waals surface area (Å²) in [5, 5.41) is 19.5. The lowest BCUT2D eigenvalue weighted by Gasteiger charge is -2.39. The number of fused-ring (bicyclic) bond motifs is 2. The summed E-state index contributed by atoms with van der Waals surface area (Å²) >= 11 is 6.28. The van der Waals surface area contributed by atoms with E-state index >= 15 is 0 Å². The molecule has 4 amide bonds. The van der Waals surface area contributed by atoms with Gasteiger partial charge in [0.2, 0.25) is 11.8 Å². The summed E-state index contributed by atoms with van der Waals surface area (Å²) in [7, 11) is -2.54. The number of carbonyl (C=O) groups is 4. The molecule has 464 valence electrons. The van der Waals surface area contributed by atoms with E-state index in [1.54, 1.807) is 42.6 Å². The van der Waals surface area contributed by atoms with Crippen LogP contribution in [0.15, 0.2) is 114 Å². The highest BCUT2D eigenvalue weighted by Crippen LogP contribution is 2.44. The van der Waals surface area contributed by atoms with Crippen LogP contribution in [-0.2, 0) is 26.2 Å². The van der Waals surface area contributed by atoms with Gasteiger partial charge in [0.1, 0.15) is 34.6 Å². The Kier molecular flexibility index (Phi) is 18.8. The number of sulfonamides is 1. The van der Waals surface area contributed by atoms with Gasteiger partial charge >= 0.3 is 0 Å². The van der Waals surface area contributed by atoms with E-state index < -0.39 is 43.4 Å². The Morgan fingerprint density at radius 2 is 1.68 bits per heavy atom. The third kappa shape index (κ3) is 14.6. The molecule has 0 radical (unpaired) electrons. The highest BCUT2D eigenvalue weighted by molar-refractivity contribution is 7.90. The molecule has 11 rings (SSSR count). The number of H-pyrrole nitrogens is 1. The molecular weight excluding hydrogens is 1160 g/mol. The van der Waals surface area contributed by atoms with Crippen LogP contribution in [0.5, 0.6) is 17.2 Å². The molecule has 6 aromatic rings. The van der Waals surface area contributed by atoms with E-state index in [-0.39, 0.29) is 53.1 Å². The number of nitrogens with one attached hydrogen (secondary N) is 4. The fourth-order valence-corrected chi connectivity index (χ4v) is 13.9. The van der Waals surface area contributed by atoms with Crippen molar-refractivity contribution in [1.82, 2.24) is 39.6 Å². The molecule has 4 aromatic carbocycles. The molecule has 6 heterocycles. The van der Waals surface area contributed by atoms with E-state index in [9.17, 15) is 37.7 Å². The fraction of sp³-hybridized carbons (Fsp3) is 0.431. The number of likely N-dealkylation sites (tertiary alicyclic amines) is 1. The maximum absolute atomic E-state index is 14.2. The Balaban J connectivity index is 0.652. The van der Waals surface area contributed by atoms with Gasteiger partial charge in [0, 0.05) is 97.8 Å². The van der Waals surface area contributed by atoms with Gasteiger partial charge in [0.05, 0.1) is 34.7 Å². The molecule has 1 unspecified atom stereocenters. The second kappa shape index (κ2) is 26.8. The highest BCUT2D eigenvalue weighted by Gasteiger charge is 2.40. The standard InChI is InChI=1S/C65H76ClN11O10S/c1-65(2)23-19-46(53(38-65)44-9-11-47(66)12-10-44)41-74-30-32-75(33-31-74)48-13-15-52(59(36-48)87-49-35-45-20-24-67-61(45)69-40-49)62(79)71-88(84,85)50-14-16-55(57(37-50)77(82)83)68-39-43-21-28-73(29-22-43)27-5-25-72(3)26-6-34-86-58-8-4-7-51-54(58)42-76(64(51)81)56-17-18-60(78)70-63(56)80/h4,7-16,20,24,35-37,40,43,56,68H,5-6,17-19,21-23,25-34,38-39,41-42H2,1-3H3,(H,67,69)(H,71,79)(H,70,78,80). The van der Waals surface area contributed by atoms with E-state index in [4.69, 9.17) is 21.1 Å². The normalized spacial score (nSPS) is 18.6. The maximum atomic E-state index is 14.2. The molecule has 4 aliphatic heterocycles. The SMILES string of the molecule is CN(CCCOc1cccc2c1CN(C1CCC(=O)NC1=O)C2=O)CCCN1CCC(CNc2ccc(S(=O)(=O)NC(=O)c3ccc(N4CCN(CC5=C(c6ccc(Cl)cc6)CC(C)(C)CC5)CC4)cc3Oc3cnc4[nH]ccc4c3)cc2[N+](=O)[O-])CC1. The number of anilines is 2. The number of carbonyl (C=O) groups excluding carboxylic acids is 4. The molecule has 0 saturated carbocycles. The molecule has 88 heavy (non-hydrogen) atoms. The maximum Gasteiger partial charge on any atom is 0.293 e. The van der Waals surface area contributed by atoms with Crippen LogP contribution in [-0.4, -0.2) is 158 Å². The number of hydrogen-bond acceptors (Lipinski definition) is 16. The minimum atomic E-state index is -4.62. The van der Waals surface area contributed by atoms with E-state index in [1.807, 2.05) is 24.3 Å². The molecule has 4 N–H and O–H groups in total. The van der Waals surface area contributed by atoms with Crippen molar-refractivity contribution in [3.05, 3.63) is 146 Å². The number of imide groups is 1. The highest BCUT2D eigenvalue weighted by atomic mass is 35.5. The van der Waals surface area contributed by atoms with Gasteiger partial charge in [-0.3, -0.25) is 39.5 Å². The number of nitro groups is 1. The summed E-state index contributed by atoms with van der Waals surface area (Å²) in [6.07, 6.45) is 10.5. The summed E-state index contributed by atoms with van der Waals surface area (Å²) in [5.74, 6) is -0.640. The second-order valence-corrected chi connectivity index (χ2v) is 26.8. The molecule has 3 saturated heterocycles. The van der Waals surface area contributed by atoms with Crippen LogP contribution in [0.2, 0.25) is 5.02 Å². The number of piperidine rings is 2.